The molecule has 1 aromatic carbocycles. The van der Waals surface area contributed by atoms with Crippen LogP contribution in [-0.2, 0) is 21.4 Å². The van der Waals surface area contributed by atoms with E-state index < -0.39 is 10.0 Å². The van der Waals surface area contributed by atoms with E-state index in [0.717, 1.165) is 24.1 Å². The number of hydrogen-bond acceptors (Lipinski definition) is 4. The zero-order valence-corrected chi connectivity index (χ0v) is 15.9. The van der Waals surface area contributed by atoms with Gasteiger partial charge < -0.3 is 10.2 Å². The van der Waals surface area contributed by atoms with Crippen molar-refractivity contribution in [2.24, 2.45) is 0 Å². The maximum atomic E-state index is 12.0. The molecule has 0 unspecified atom stereocenters. The molecule has 0 fully saturated rings. The van der Waals surface area contributed by atoms with Gasteiger partial charge in [-0.05, 0) is 45.1 Å². The summed E-state index contributed by atoms with van der Waals surface area (Å²) in [6.07, 6.45) is 2.10. The second-order valence-electron chi connectivity index (χ2n) is 6.27. The first-order valence-corrected chi connectivity index (χ1v) is 9.96. The summed E-state index contributed by atoms with van der Waals surface area (Å²) in [7, 11) is 0.599. The van der Waals surface area contributed by atoms with Gasteiger partial charge >= 0.3 is 0 Å². The van der Waals surface area contributed by atoms with Gasteiger partial charge in [-0.2, -0.15) is 0 Å². The molecule has 0 aliphatic heterocycles. The summed E-state index contributed by atoms with van der Waals surface area (Å²) in [5, 5.41) is 2.85. The first kappa shape index (κ1) is 20.6. The molecule has 1 amide bonds. The average Bonchev–Trinajstić information content (AvgIpc) is 2.48. The Bertz CT molecular complexity index is 630. The van der Waals surface area contributed by atoms with Crippen molar-refractivity contribution in [2.75, 3.05) is 40.0 Å². The lowest BCUT2D eigenvalue weighted by Gasteiger charge is -2.20. The van der Waals surface area contributed by atoms with Gasteiger partial charge in [0.05, 0.1) is 6.26 Å². The molecule has 1 N–H and O–H groups in total. The summed E-state index contributed by atoms with van der Waals surface area (Å²) >= 11 is 0. The van der Waals surface area contributed by atoms with Crippen LogP contribution in [0.1, 0.15) is 24.0 Å². The van der Waals surface area contributed by atoms with Gasteiger partial charge in [-0.25, -0.2) is 12.7 Å². The molecule has 7 heteroatoms. The van der Waals surface area contributed by atoms with Crippen molar-refractivity contribution in [3.05, 3.63) is 35.4 Å². The molecule has 0 radical (unpaired) electrons. The van der Waals surface area contributed by atoms with Gasteiger partial charge in [0.2, 0.25) is 15.9 Å². The summed E-state index contributed by atoms with van der Waals surface area (Å²) in [6.45, 7) is 3.92. The van der Waals surface area contributed by atoms with Crippen molar-refractivity contribution in [1.82, 2.24) is 14.5 Å². The molecule has 0 spiro atoms. The molecule has 1 rings (SSSR count). The van der Waals surface area contributed by atoms with E-state index in [9.17, 15) is 13.2 Å². The predicted octanol–water partition coefficient (Wildman–Crippen LogP) is 1.21. The molecule has 0 heterocycles. The Labute approximate surface area is 145 Å². The zero-order chi connectivity index (χ0) is 18.2. The normalized spacial score (nSPS) is 11.9. The first-order chi connectivity index (χ1) is 11.2. The minimum absolute atomic E-state index is 0.139. The van der Waals surface area contributed by atoms with Gasteiger partial charge in [-0.1, -0.05) is 24.3 Å². The molecule has 0 saturated carbocycles. The van der Waals surface area contributed by atoms with Gasteiger partial charge in [-0.3, -0.25) is 4.79 Å². The summed E-state index contributed by atoms with van der Waals surface area (Å²) in [4.78, 5) is 14.0. The maximum absolute atomic E-state index is 12.0. The summed E-state index contributed by atoms with van der Waals surface area (Å²) < 4.78 is 25.0. The number of benzene rings is 1. The SMILES string of the molecule is Cc1ccccc1CNC(=O)CCN(CCCN(C)C)S(C)(=O)=O. The van der Waals surface area contributed by atoms with Crippen molar-refractivity contribution in [1.29, 1.82) is 0 Å². The minimum Gasteiger partial charge on any atom is -0.352 e. The lowest BCUT2D eigenvalue weighted by atomic mass is 10.1. The molecule has 0 bridgehead atoms. The predicted molar refractivity (Wildman–Crippen MR) is 97.2 cm³/mol. The van der Waals surface area contributed by atoms with Gasteiger partial charge in [0.1, 0.15) is 0 Å². The third kappa shape index (κ3) is 7.90. The quantitative estimate of drug-likeness (QED) is 0.685. The highest BCUT2D eigenvalue weighted by Crippen LogP contribution is 2.07. The van der Waals surface area contributed by atoms with Crippen LogP contribution in [0.4, 0.5) is 0 Å². The third-order valence-electron chi connectivity index (χ3n) is 3.81. The molecule has 0 aliphatic rings. The topological polar surface area (TPSA) is 69.7 Å². The van der Waals surface area contributed by atoms with Crippen LogP contribution in [0.2, 0.25) is 0 Å². The molecule has 0 aromatic heterocycles. The van der Waals surface area contributed by atoms with E-state index in [1.54, 1.807) is 0 Å². The van der Waals surface area contributed by atoms with Gasteiger partial charge in [-0.15, -0.1) is 0 Å². The molecular weight excluding hydrogens is 326 g/mol. The van der Waals surface area contributed by atoms with E-state index in [0.29, 0.717) is 13.1 Å². The van der Waals surface area contributed by atoms with Crippen LogP contribution in [-0.4, -0.2) is 63.5 Å². The van der Waals surface area contributed by atoms with E-state index in [1.165, 1.54) is 10.6 Å². The maximum Gasteiger partial charge on any atom is 0.221 e. The van der Waals surface area contributed by atoms with Crippen LogP contribution < -0.4 is 5.32 Å². The monoisotopic (exact) mass is 355 g/mol. The molecule has 0 saturated heterocycles. The van der Waals surface area contributed by atoms with Crippen LogP contribution in [0, 0.1) is 6.92 Å². The van der Waals surface area contributed by atoms with Crippen LogP contribution in [0.5, 0.6) is 0 Å². The fourth-order valence-corrected chi connectivity index (χ4v) is 3.21. The second kappa shape index (κ2) is 9.76. The Morgan fingerprint density at radius 3 is 2.38 bits per heavy atom. The molecule has 6 nitrogen and oxygen atoms in total. The number of hydrogen-bond donors (Lipinski definition) is 1. The lowest BCUT2D eigenvalue weighted by molar-refractivity contribution is -0.121. The highest BCUT2D eigenvalue weighted by molar-refractivity contribution is 7.88. The first-order valence-electron chi connectivity index (χ1n) is 8.11. The van der Waals surface area contributed by atoms with Crippen molar-refractivity contribution >= 4 is 15.9 Å². The largest absolute Gasteiger partial charge is 0.352 e. The van der Waals surface area contributed by atoms with Crippen molar-refractivity contribution < 1.29 is 13.2 Å². The fourth-order valence-electron chi connectivity index (χ4n) is 2.32. The van der Waals surface area contributed by atoms with Crippen LogP contribution >= 0.6 is 0 Å². The number of carbonyl (C=O) groups is 1. The molecule has 24 heavy (non-hydrogen) atoms. The molecule has 136 valence electrons. The van der Waals surface area contributed by atoms with Crippen molar-refractivity contribution in [3.63, 3.8) is 0 Å². The standard InChI is InChI=1S/C17H29N3O3S/c1-15-8-5-6-9-16(15)14-18-17(21)10-13-20(24(4,22)23)12-7-11-19(2)3/h5-6,8-9H,7,10-14H2,1-4H3,(H,18,21). The van der Waals surface area contributed by atoms with E-state index in [2.05, 4.69) is 5.32 Å². The van der Waals surface area contributed by atoms with Crippen LogP contribution in [0.25, 0.3) is 0 Å². The highest BCUT2D eigenvalue weighted by atomic mass is 32.2. The molecular formula is C17H29N3O3S. The number of nitrogens with zero attached hydrogens (tertiary/aromatic N) is 2. The zero-order valence-electron chi connectivity index (χ0n) is 15.1. The third-order valence-corrected chi connectivity index (χ3v) is 5.11. The second-order valence-corrected chi connectivity index (χ2v) is 8.25. The van der Waals surface area contributed by atoms with Gasteiger partial charge in [0.25, 0.3) is 0 Å². The molecule has 0 aliphatic carbocycles. The van der Waals surface area contributed by atoms with Crippen molar-refractivity contribution in [3.8, 4) is 0 Å². The minimum atomic E-state index is -3.30. The number of amides is 1. The summed E-state index contributed by atoms with van der Waals surface area (Å²) in [5.41, 5.74) is 2.19. The number of rotatable bonds is 10. The van der Waals surface area contributed by atoms with Crippen LogP contribution in [0.15, 0.2) is 24.3 Å². The Kier molecular flexibility index (Phi) is 8.38. The highest BCUT2D eigenvalue weighted by Gasteiger charge is 2.17. The lowest BCUT2D eigenvalue weighted by Crippen LogP contribution is -2.36. The Morgan fingerprint density at radius 2 is 1.79 bits per heavy atom. The number of nitrogens with one attached hydrogen (secondary N) is 1. The average molecular weight is 356 g/mol. The fraction of sp³-hybridized carbons (Fsp3) is 0.588. The van der Waals surface area contributed by atoms with E-state index >= 15 is 0 Å². The number of carbonyl (C=O) groups excluding carboxylic acids is 1. The van der Waals surface area contributed by atoms with E-state index in [1.807, 2.05) is 50.2 Å². The Morgan fingerprint density at radius 1 is 1.12 bits per heavy atom. The number of aryl methyl sites for hydroxylation is 1. The van der Waals surface area contributed by atoms with Gasteiger partial charge in [0, 0.05) is 26.1 Å². The van der Waals surface area contributed by atoms with Gasteiger partial charge in [0.15, 0.2) is 0 Å². The molecule has 1 aromatic rings. The van der Waals surface area contributed by atoms with E-state index in [-0.39, 0.29) is 18.9 Å². The van der Waals surface area contributed by atoms with Crippen LogP contribution in [0.3, 0.4) is 0 Å². The number of sulfonamides is 1. The Balaban J connectivity index is 2.45. The molecule has 0 atom stereocenters. The van der Waals surface area contributed by atoms with E-state index in [4.69, 9.17) is 0 Å². The van der Waals surface area contributed by atoms with Crippen molar-refractivity contribution in [2.45, 2.75) is 26.3 Å². The summed E-state index contributed by atoms with van der Waals surface area (Å²) in [5.74, 6) is -0.139. The Hall–Kier alpha value is -1.44. The summed E-state index contributed by atoms with van der Waals surface area (Å²) in [6, 6.07) is 7.86. The smallest absolute Gasteiger partial charge is 0.221 e.